The number of nitrogens with zero attached hydrogens (tertiary/aromatic N) is 2. The highest BCUT2D eigenvalue weighted by Crippen LogP contribution is 2.22. The quantitative estimate of drug-likeness (QED) is 0.837. The average Bonchev–Trinajstić information content (AvgIpc) is 2.90. The van der Waals surface area contributed by atoms with Gasteiger partial charge in [0.25, 0.3) is 5.91 Å². The number of terminal acetylenes is 1. The summed E-state index contributed by atoms with van der Waals surface area (Å²) >= 11 is 0. The molecule has 124 valence electrons. The van der Waals surface area contributed by atoms with E-state index in [9.17, 15) is 9.90 Å². The SMILES string of the molecule is C#Cc1ccc(C(=O)N[C@H]2CCc3c(nc(C)n3CCO)C2)cc1. The van der Waals surface area contributed by atoms with Crippen LogP contribution in [0.5, 0.6) is 0 Å². The third-order valence-corrected chi connectivity index (χ3v) is 4.49. The Morgan fingerprint density at radius 2 is 2.21 bits per heavy atom. The first-order valence-electron chi connectivity index (χ1n) is 8.15. The van der Waals surface area contributed by atoms with Crippen LogP contribution in [0.25, 0.3) is 0 Å². The molecule has 1 heterocycles. The van der Waals surface area contributed by atoms with Crippen molar-refractivity contribution in [3.63, 3.8) is 0 Å². The van der Waals surface area contributed by atoms with E-state index in [-0.39, 0.29) is 18.6 Å². The van der Waals surface area contributed by atoms with Gasteiger partial charge >= 0.3 is 0 Å². The highest BCUT2D eigenvalue weighted by molar-refractivity contribution is 5.94. The number of carbonyl (C=O) groups excluding carboxylic acids is 1. The zero-order valence-electron chi connectivity index (χ0n) is 13.7. The number of hydrogen-bond acceptors (Lipinski definition) is 3. The van der Waals surface area contributed by atoms with Crippen LogP contribution in [0.15, 0.2) is 24.3 Å². The van der Waals surface area contributed by atoms with E-state index in [1.54, 1.807) is 24.3 Å². The van der Waals surface area contributed by atoms with Crippen LogP contribution in [0.4, 0.5) is 0 Å². The van der Waals surface area contributed by atoms with E-state index >= 15 is 0 Å². The van der Waals surface area contributed by atoms with Crippen LogP contribution in [-0.2, 0) is 19.4 Å². The summed E-state index contributed by atoms with van der Waals surface area (Å²) in [6, 6.07) is 7.12. The van der Waals surface area contributed by atoms with Crippen LogP contribution in [0.1, 0.15) is 39.6 Å². The minimum absolute atomic E-state index is 0.0780. The zero-order valence-corrected chi connectivity index (χ0v) is 13.7. The van der Waals surface area contributed by atoms with Gasteiger partial charge in [0, 0.05) is 35.8 Å². The van der Waals surface area contributed by atoms with Crippen molar-refractivity contribution in [3.05, 3.63) is 52.6 Å². The molecule has 0 radical (unpaired) electrons. The standard InChI is InChI=1S/C19H21N3O2/c1-3-14-4-6-15(7-5-14)19(24)21-16-8-9-18-17(12-16)20-13(2)22(18)10-11-23/h1,4-7,16,23H,8-12H2,2H3,(H,21,24)/t16-/m0/s1. The van der Waals surface area contributed by atoms with Gasteiger partial charge in [-0.1, -0.05) is 5.92 Å². The molecule has 2 N–H and O–H groups in total. The van der Waals surface area contributed by atoms with Crippen molar-refractivity contribution >= 4 is 5.91 Å². The number of benzene rings is 1. The Balaban J connectivity index is 1.68. The summed E-state index contributed by atoms with van der Waals surface area (Å²) < 4.78 is 2.08. The van der Waals surface area contributed by atoms with Crippen molar-refractivity contribution in [1.82, 2.24) is 14.9 Å². The predicted molar refractivity (Wildman–Crippen MR) is 91.7 cm³/mol. The molecule has 0 unspecified atom stereocenters. The van der Waals surface area contributed by atoms with E-state index in [4.69, 9.17) is 6.42 Å². The van der Waals surface area contributed by atoms with Crippen LogP contribution in [0, 0.1) is 19.3 Å². The van der Waals surface area contributed by atoms with Gasteiger partial charge < -0.3 is 15.0 Å². The van der Waals surface area contributed by atoms with Crippen LogP contribution in [-0.4, -0.2) is 33.2 Å². The highest BCUT2D eigenvalue weighted by Gasteiger charge is 2.25. The second kappa shape index (κ2) is 6.90. The number of aryl methyl sites for hydroxylation is 1. The smallest absolute Gasteiger partial charge is 0.251 e. The third kappa shape index (κ3) is 3.19. The molecular formula is C19H21N3O2. The van der Waals surface area contributed by atoms with Crippen LogP contribution >= 0.6 is 0 Å². The summed E-state index contributed by atoms with van der Waals surface area (Å²) in [4.78, 5) is 17.0. The minimum atomic E-state index is -0.0847. The lowest BCUT2D eigenvalue weighted by Gasteiger charge is -2.24. The van der Waals surface area contributed by atoms with Crippen molar-refractivity contribution < 1.29 is 9.90 Å². The largest absolute Gasteiger partial charge is 0.395 e. The molecule has 1 amide bonds. The summed E-state index contributed by atoms with van der Waals surface area (Å²) in [6.45, 7) is 2.64. The lowest BCUT2D eigenvalue weighted by Crippen LogP contribution is -2.39. The number of rotatable bonds is 4. The lowest BCUT2D eigenvalue weighted by atomic mass is 9.95. The number of hydrogen-bond donors (Lipinski definition) is 2. The maximum atomic E-state index is 12.4. The molecule has 5 heteroatoms. The van der Waals surface area contributed by atoms with E-state index in [1.165, 1.54) is 5.69 Å². The second-order valence-corrected chi connectivity index (χ2v) is 6.06. The monoisotopic (exact) mass is 323 g/mol. The molecule has 0 bridgehead atoms. The van der Waals surface area contributed by atoms with Crippen molar-refractivity contribution in [2.75, 3.05) is 6.61 Å². The molecule has 1 aromatic carbocycles. The van der Waals surface area contributed by atoms with Gasteiger partial charge in [-0.25, -0.2) is 4.98 Å². The first kappa shape index (κ1) is 16.3. The minimum Gasteiger partial charge on any atom is -0.395 e. The maximum Gasteiger partial charge on any atom is 0.251 e. The van der Waals surface area contributed by atoms with Crippen LogP contribution in [0.3, 0.4) is 0 Å². The Morgan fingerprint density at radius 3 is 2.88 bits per heavy atom. The van der Waals surface area contributed by atoms with E-state index in [2.05, 4.69) is 20.8 Å². The van der Waals surface area contributed by atoms with Gasteiger partial charge in [-0.15, -0.1) is 6.42 Å². The van der Waals surface area contributed by atoms with Crippen LogP contribution in [0.2, 0.25) is 0 Å². The van der Waals surface area contributed by atoms with Crippen molar-refractivity contribution in [2.45, 2.75) is 38.8 Å². The Hall–Kier alpha value is -2.58. The van der Waals surface area contributed by atoms with Gasteiger partial charge in [0.05, 0.1) is 12.3 Å². The van der Waals surface area contributed by atoms with Gasteiger partial charge in [-0.2, -0.15) is 0 Å². The summed E-state index contributed by atoms with van der Waals surface area (Å²) in [5.74, 6) is 3.38. The number of aliphatic hydroxyl groups excluding tert-OH is 1. The molecule has 0 aliphatic heterocycles. The number of nitrogens with one attached hydrogen (secondary N) is 1. The molecule has 1 aliphatic carbocycles. The number of imidazole rings is 1. The van der Waals surface area contributed by atoms with Gasteiger partial charge in [-0.3, -0.25) is 4.79 Å². The Labute approximate surface area is 141 Å². The molecule has 1 aliphatic rings. The van der Waals surface area contributed by atoms with E-state index < -0.39 is 0 Å². The van der Waals surface area contributed by atoms with Crippen LogP contribution < -0.4 is 5.32 Å². The summed E-state index contributed by atoms with van der Waals surface area (Å²) in [7, 11) is 0. The fourth-order valence-electron chi connectivity index (χ4n) is 3.27. The van der Waals surface area contributed by atoms with Crippen molar-refractivity contribution in [2.24, 2.45) is 0 Å². The van der Waals surface area contributed by atoms with E-state index in [0.717, 1.165) is 36.3 Å². The molecule has 0 spiro atoms. The Kier molecular flexibility index (Phi) is 4.68. The van der Waals surface area contributed by atoms with Gasteiger partial charge in [-0.05, 0) is 44.0 Å². The molecule has 1 aromatic heterocycles. The topological polar surface area (TPSA) is 67.2 Å². The van der Waals surface area contributed by atoms with E-state index in [0.29, 0.717) is 12.1 Å². The number of aliphatic hydroxyl groups is 1. The number of aromatic nitrogens is 2. The summed E-state index contributed by atoms with van der Waals surface area (Å²) in [5.41, 5.74) is 3.59. The van der Waals surface area contributed by atoms with Crippen molar-refractivity contribution in [3.8, 4) is 12.3 Å². The predicted octanol–water partition coefficient (Wildman–Crippen LogP) is 1.45. The highest BCUT2D eigenvalue weighted by atomic mass is 16.3. The first-order valence-corrected chi connectivity index (χ1v) is 8.15. The molecule has 24 heavy (non-hydrogen) atoms. The normalized spacial score (nSPS) is 16.3. The summed E-state index contributed by atoms with van der Waals surface area (Å²) in [6.07, 6.45) is 7.79. The fraction of sp³-hybridized carbons (Fsp3) is 0.368. The summed E-state index contributed by atoms with van der Waals surface area (Å²) in [5, 5.41) is 12.3. The lowest BCUT2D eigenvalue weighted by molar-refractivity contribution is 0.0933. The number of amides is 1. The third-order valence-electron chi connectivity index (χ3n) is 4.49. The number of fused-ring (bicyclic) bond motifs is 1. The molecule has 2 aromatic rings. The molecule has 1 atom stereocenters. The Bertz CT molecular complexity index is 784. The molecule has 0 saturated carbocycles. The van der Waals surface area contributed by atoms with Crippen molar-refractivity contribution in [1.29, 1.82) is 0 Å². The fourth-order valence-corrected chi connectivity index (χ4v) is 3.27. The van der Waals surface area contributed by atoms with Gasteiger partial charge in [0.15, 0.2) is 0 Å². The molecular weight excluding hydrogens is 302 g/mol. The second-order valence-electron chi connectivity index (χ2n) is 6.06. The van der Waals surface area contributed by atoms with E-state index in [1.807, 2.05) is 6.92 Å². The molecule has 5 nitrogen and oxygen atoms in total. The molecule has 0 saturated heterocycles. The zero-order chi connectivity index (χ0) is 17.1. The first-order chi connectivity index (χ1) is 11.6. The average molecular weight is 323 g/mol. The number of carbonyl (C=O) groups is 1. The molecule has 0 fully saturated rings. The van der Waals surface area contributed by atoms with Gasteiger partial charge in [0.1, 0.15) is 5.82 Å². The molecule has 3 rings (SSSR count). The van der Waals surface area contributed by atoms with Gasteiger partial charge in [0.2, 0.25) is 0 Å². The maximum absolute atomic E-state index is 12.4. The Morgan fingerprint density at radius 1 is 1.46 bits per heavy atom.